The number of aliphatic hydroxyl groups excluding tert-OH is 1. The van der Waals surface area contributed by atoms with Crippen molar-refractivity contribution in [2.45, 2.75) is 60.0 Å². The lowest BCUT2D eigenvalue weighted by molar-refractivity contribution is 0.205. The highest BCUT2D eigenvalue weighted by Gasteiger charge is 2.33. The number of rotatable bonds is 4. The summed E-state index contributed by atoms with van der Waals surface area (Å²) >= 11 is 0. The molecule has 16 heavy (non-hydrogen) atoms. The van der Waals surface area contributed by atoms with Gasteiger partial charge in [0.2, 0.25) is 0 Å². The van der Waals surface area contributed by atoms with Gasteiger partial charge in [0.25, 0.3) is 0 Å². The van der Waals surface area contributed by atoms with Crippen molar-refractivity contribution in [2.75, 3.05) is 0 Å². The summed E-state index contributed by atoms with van der Waals surface area (Å²) in [5.74, 6) is 0.700. The summed E-state index contributed by atoms with van der Waals surface area (Å²) in [6.07, 6.45) is 7.43. The second-order valence-electron chi connectivity index (χ2n) is 5.65. The maximum absolute atomic E-state index is 9.70. The Morgan fingerprint density at radius 2 is 2.25 bits per heavy atom. The molecule has 1 rings (SSSR count). The first-order chi connectivity index (χ1) is 7.39. The van der Waals surface area contributed by atoms with E-state index in [0.29, 0.717) is 11.3 Å². The van der Waals surface area contributed by atoms with Crippen LogP contribution in [0.5, 0.6) is 0 Å². The van der Waals surface area contributed by atoms with Gasteiger partial charge in [-0.25, -0.2) is 0 Å². The first-order valence-corrected chi connectivity index (χ1v) is 6.41. The minimum atomic E-state index is -0.251. The van der Waals surface area contributed by atoms with Crippen LogP contribution in [0.4, 0.5) is 0 Å². The first-order valence-electron chi connectivity index (χ1n) is 6.41. The fraction of sp³-hybridized carbons (Fsp3) is 0.733. The van der Waals surface area contributed by atoms with Crippen LogP contribution >= 0.6 is 0 Å². The molecule has 1 heteroatoms. The average Bonchev–Trinajstić information content (AvgIpc) is 2.50. The molecule has 0 aromatic carbocycles. The molecule has 1 N–H and O–H groups in total. The van der Waals surface area contributed by atoms with Gasteiger partial charge in [0.05, 0.1) is 6.10 Å². The Morgan fingerprint density at radius 1 is 1.62 bits per heavy atom. The van der Waals surface area contributed by atoms with Crippen molar-refractivity contribution in [3.63, 3.8) is 0 Å². The molecule has 0 saturated carbocycles. The quantitative estimate of drug-likeness (QED) is 0.710. The molecule has 1 aliphatic carbocycles. The molecule has 0 heterocycles. The highest BCUT2D eigenvalue weighted by atomic mass is 16.3. The third-order valence-electron chi connectivity index (χ3n) is 4.38. The fourth-order valence-corrected chi connectivity index (χ4v) is 2.38. The molecule has 1 nitrogen and oxygen atoms in total. The highest BCUT2D eigenvalue weighted by molar-refractivity contribution is 5.19. The molecule has 0 radical (unpaired) electrons. The van der Waals surface area contributed by atoms with Gasteiger partial charge >= 0.3 is 0 Å². The summed E-state index contributed by atoms with van der Waals surface area (Å²) in [7, 11) is 0. The van der Waals surface area contributed by atoms with Crippen LogP contribution in [0.2, 0.25) is 0 Å². The predicted molar refractivity (Wildman–Crippen MR) is 70.3 cm³/mol. The van der Waals surface area contributed by atoms with E-state index in [-0.39, 0.29) is 6.10 Å². The Balaban J connectivity index is 2.58. The second-order valence-corrected chi connectivity index (χ2v) is 5.65. The summed E-state index contributed by atoms with van der Waals surface area (Å²) in [4.78, 5) is 0. The zero-order chi connectivity index (χ0) is 12.3. The van der Waals surface area contributed by atoms with Gasteiger partial charge in [0, 0.05) is 0 Å². The van der Waals surface area contributed by atoms with E-state index in [9.17, 15) is 5.11 Å². The standard InChI is InChI=1S/C15H26O/c1-6-14(16)11(2)7-9-13-10-8-12(3)15(13,4)5/h7-8,13-14,16H,6,9-10H2,1-5H3. The van der Waals surface area contributed by atoms with Crippen molar-refractivity contribution in [1.29, 1.82) is 0 Å². The highest BCUT2D eigenvalue weighted by Crippen LogP contribution is 2.44. The summed E-state index contributed by atoms with van der Waals surface area (Å²) in [5.41, 5.74) is 2.97. The largest absolute Gasteiger partial charge is 0.389 e. The minimum Gasteiger partial charge on any atom is -0.389 e. The lowest BCUT2D eigenvalue weighted by Gasteiger charge is -2.29. The molecular weight excluding hydrogens is 196 g/mol. The maximum atomic E-state index is 9.70. The topological polar surface area (TPSA) is 20.2 Å². The molecule has 0 aromatic heterocycles. The summed E-state index contributed by atoms with van der Waals surface area (Å²) in [5, 5.41) is 9.70. The molecule has 92 valence electrons. The van der Waals surface area contributed by atoms with E-state index in [1.807, 2.05) is 13.8 Å². The normalized spacial score (nSPS) is 26.8. The Hall–Kier alpha value is -0.560. The third-order valence-corrected chi connectivity index (χ3v) is 4.38. The summed E-state index contributed by atoms with van der Waals surface area (Å²) in [6, 6.07) is 0. The van der Waals surface area contributed by atoms with Crippen LogP contribution in [0, 0.1) is 11.3 Å². The van der Waals surface area contributed by atoms with E-state index in [0.717, 1.165) is 18.4 Å². The van der Waals surface area contributed by atoms with E-state index >= 15 is 0 Å². The van der Waals surface area contributed by atoms with Crippen LogP contribution in [0.15, 0.2) is 23.3 Å². The number of aliphatic hydroxyl groups is 1. The zero-order valence-corrected chi connectivity index (χ0v) is 11.4. The minimum absolute atomic E-state index is 0.251. The van der Waals surface area contributed by atoms with Crippen molar-refractivity contribution < 1.29 is 5.11 Å². The van der Waals surface area contributed by atoms with Crippen molar-refractivity contribution in [1.82, 2.24) is 0 Å². The van der Waals surface area contributed by atoms with Crippen LogP contribution in [0.1, 0.15) is 53.9 Å². The van der Waals surface area contributed by atoms with Gasteiger partial charge < -0.3 is 5.11 Å². The van der Waals surface area contributed by atoms with Gasteiger partial charge in [-0.1, -0.05) is 38.5 Å². The SMILES string of the molecule is CCC(O)C(C)=CCC1CC=C(C)C1(C)C. The monoisotopic (exact) mass is 222 g/mol. The van der Waals surface area contributed by atoms with E-state index in [2.05, 4.69) is 32.9 Å². The lowest BCUT2D eigenvalue weighted by Crippen LogP contribution is -2.20. The Morgan fingerprint density at radius 3 is 2.69 bits per heavy atom. The van der Waals surface area contributed by atoms with Gasteiger partial charge in [-0.3, -0.25) is 0 Å². The van der Waals surface area contributed by atoms with Crippen LogP contribution < -0.4 is 0 Å². The molecule has 0 fully saturated rings. The Bertz CT molecular complexity index is 297. The van der Waals surface area contributed by atoms with E-state index in [4.69, 9.17) is 0 Å². The van der Waals surface area contributed by atoms with E-state index in [1.165, 1.54) is 12.0 Å². The Kier molecular flexibility index (Phi) is 4.37. The third kappa shape index (κ3) is 2.76. The summed E-state index contributed by atoms with van der Waals surface area (Å²) < 4.78 is 0. The molecule has 0 amide bonds. The zero-order valence-electron chi connectivity index (χ0n) is 11.4. The van der Waals surface area contributed by atoms with Gasteiger partial charge in [0.1, 0.15) is 0 Å². The molecule has 0 aromatic rings. The van der Waals surface area contributed by atoms with Crippen LogP contribution in [-0.2, 0) is 0 Å². The predicted octanol–water partition coefficient (Wildman–Crippen LogP) is 4.09. The molecule has 2 unspecified atom stereocenters. The van der Waals surface area contributed by atoms with Crippen LogP contribution in [-0.4, -0.2) is 11.2 Å². The molecule has 0 aliphatic heterocycles. The van der Waals surface area contributed by atoms with Crippen molar-refractivity contribution in [3.8, 4) is 0 Å². The molecule has 0 bridgehead atoms. The van der Waals surface area contributed by atoms with Crippen LogP contribution in [0.25, 0.3) is 0 Å². The maximum Gasteiger partial charge on any atom is 0.0744 e. The van der Waals surface area contributed by atoms with Gasteiger partial charge in [0.15, 0.2) is 0 Å². The van der Waals surface area contributed by atoms with Crippen molar-refractivity contribution in [3.05, 3.63) is 23.3 Å². The molecule has 0 spiro atoms. The van der Waals surface area contributed by atoms with E-state index < -0.39 is 0 Å². The lowest BCUT2D eigenvalue weighted by atomic mass is 9.76. The number of hydrogen-bond donors (Lipinski definition) is 1. The van der Waals surface area contributed by atoms with E-state index in [1.54, 1.807) is 0 Å². The number of allylic oxidation sites excluding steroid dienone is 3. The Labute approximate surface area is 100 Å². The average molecular weight is 222 g/mol. The molecule has 0 saturated heterocycles. The summed E-state index contributed by atoms with van der Waals surface area (Å²) in [6.45, 7) is 11.0. The second kappa shape index (κ2) is 5.18. The molecule has 2 atom stereocenters. The van der Waals surface area contributed by atoms with Crippen molar-refractivity contribution in [2.24, 2.45) is 11.3 Å². The molecule has 1 aliphatic rings. The molecular formula is C15H26O. The van der Waals surface area contributed by atoms with Gasteiger partial charge in [-0.2, -0.15) is 0 Å². The smallest absolute Gasteiger partial charge is 0.0744 e. The van der Waals surface area contributed by atoms with Gasteiger partial charge in [-0.15, -0.1) is 0 Å². The number of hydrogen-bond acceptors (Lipinski definition) is 1. The van der Waals surface area contributed by atoms with Crippen LogP contribution in [0.3, 0.4) is 0 Å². The fourth-order valence-electron chi connectivity index (χ4n) is 2.38. The van der Waals surface area contributed by atoms with Crippen molar-refractivity contribution >= 4 is 0 Å². The first kappa shape index (κ1) is 13.5. The van der Waals surface area contributed by atoms with Gasteiger partial charge in [-0.05, 0) is 50.0 Å².